The summed E-state index contributed by atoms with van der Waals surface area (Å²) in [7, 11) is 0. The highest BCUT2D eigenvalue weighted by molar-refractivity contribution is 4.88. The van der Waals surface area contributed by atoms with E-state index in [0.29, 0.717) is 12.0 Å². The van der Waals surface area contributed by atoms with E-state index in [9.17, 15) is 13.2 Å². The van der Waals surface area contributed by atoms with E-state index in [4.69, 9.17) is 0 Å². The van der Waals surface area contributed by atoms with Crippen LogP contribution in [0.3, 0.4) is 0 Å². The molecule has 17 heavy (non-hydrogen) atoms. The normalized spacial score (nSPS) is 31.8. The van der Waals surface area contributed by atoms with E-state index in [1.807, 2.05) is 11.8 Å². The molecule has 0 bridgehead atoms. The molecule has 0 radical (unpaired) electrons. The highest BCUT2D eigenvalue weighted by Gasteiger charge is 2.34. The fourth-order valence-corrected chi connectivity index (χ4v) is 2.58. The Bertz CT molecular complexity index is 230. The molecule has 1 aliphatic rings. The number of halogens is 3. The van der Waals surface area contributed by atoms with E-state index in [-0.39, 0.29) is 12.6 Å². The zero-order chi connectivity index (χ0) is 13.1. The highest BCUT2D eigenvalue weighted by atomic mass is 19.4. The second-order valence-electron chi connectivity index (χ2n) is 4.95. The van der Waals surface area contributed by atoms with E-state index in [0.717, 1.165) is 19.5 Å². The number of hydrogen-bond acceptors (Lipinski definition) is 2. The Labute approximate surface area is 102 Å². The van der Waals surface area contributed by atoms with E-state index < -0.39 is 12.6 Å². The molecule has 1 rings (SSSR count). The molecule has 1 fully saturated rings. The van der Waals surface area contributed by atoms with Crippen LogP contribution in [0.25, 0.3) is 0 Å². The van der Waals surface area contributed by atoms with Crippen LogP contribution in [0.1, 0.15) is 33.6 Å². The Morgan fingerprint density at radius 2 is 1.94 bits per heavy atom. The second-order valence-corrected chi connectivity index (χ2v) is 4.95. The van der Waals surface area contributed by atoms with Gasteiger partial charge < -0.3 is 5.32 Å². The first-order chi connectivity index (χ1) is 7.85. The number of likely N-dealkylation sites (tertiary alicyclic amines) is 1. The molecular weight excluding hydrogens is 229 g/mol. The summed E-state index contributed by atoms with van der Waals surface area (Å²) in [6, 6.07) is 0.660. The van der Waals surface area contributed by atoms with Crippen molar-refractivity contribution in [2.45, 2.75) is 51.9 Å². The van der Waals surface area contributed by atoms with Crippen LogP contribution in [0.5, 0.6) is 0 Å². The lowest BCUT2D eigenvalue weighted by Crippen LogP contribution is -2.53. The lowest BCUT2D eigenvalue weighted by Gasteiger charge is -2.43. The van der Waals surface area contributed by atoms with Crippen LogP contribution in [0, 0.1) is 5.92 Å². The first-order valence-electron chi connectivity index (χ1n) is 6.39. The zero-order valence-corrected chi connectivity index (χ0v) is 10.8. The Morgan fingerprint density at radius 1 is 1.29 bits per heavy atom. The van der Waals surface area contributed by atoms with Crippen LogP contribution in [0.4, 0.5) is 13.2 Å². The Kier molecular flexibility index (Phi) is 5.25. The maximum absolute atomic E-state index is 12.2. The minimum Gasteiger partial charge on any atom is -0.314 e. The Morgan fingerprint density at radius 3 is 2.47 bits per heavy atom. The standard InChI is InChI=1S/C12H23F3N2/c1-4-16-11-5-7-17(10(3)9(11)2)8-6-12(13,14)15/h9-11,16H,4-8H2,1-3H3. The van der Waals surface area contributed by atoms with Crippen LogP contribution in [-0.4, -0.2) is 42.8 Å². The summed E-state index contributed by atoms with van der Waals surface area (Å²) in [6.45, 7) is 8.03. The van der Waals surface area contributed by atoms with Gasteiger partial charge in [0.2, 0.25) is 0 Å². The molecule has 2 nitrogen and oxygen atoms in total. The first-order valence-corrected chi connectivity index (χ1v) is 6.39. The van der Waals surface area contributed by atoms with Gasteiger partial charge >= 0.3 is 6.18 Å². The van der Waals surface area contributed by atoms with Gasteiger partial charge in [0.1, 0.15) is 0 Å². The molecule has 0 aliphatic carbocycles. The molecule has 0 aromatic heterocycles. The van der Waals surface area contributed by atoms with Gasteiger partial charge in [-0.25, -0.2) is 0 Å². The monoisotopic (exact) mass is 252 g/mol. The fourth-order valence-electron chi connectivity index (χ4n) is 2.58. The topological polar surface area (TPSA) is 15.3 Å². The van der Waals surface area contributed by atoms with Crippen molar-refractivity contribution in [1.29, 1.82) is 0 Å². The van der Waals surface area contributed by atoms with Gasteiger partial charge in [-0.1, -0.05) is 13.8 Å². The van der Waals surface area contributed by atoms with Crippen molar-refractivity contribution in [1.82, 2.24) is 10.2 Å². The van der Waals surface area contributed by atoms with E-state index in [1.54, 1.807) is 0 Å². The molecule has 5 heteroatoms. The first kappa shape index (κ1) is 14.8. The maximum Gasteiger partial charge on any atom is 0.390 e. The average Bonchev–Trinajstić information content (AvgIpc) is 2.23. The third-order valence-corrected chi connectivity index (χ3v) is 3.85. The van der Waals surface area contributed by atoms with Crippen LogP contribution in [-0.2, 0) is 0 Å². The largest absolute Gasteiger partial charge is 0.390 e. The number of hydrogen-bond donors (Lipinski definition) is 1. The predicted molar refractivity (Wildman–Crippen MR) is 63.0 cm³/mol. The molecule has 1 saturated heterocycles. The summed E-state index contributed by atoms with van der Waals surface area (Å²) < 4.78 is 36.6. The van der Waals surface area contributed by atoms with Crippen LogP contribution in [0.2, 0.25) is 0 Å². The van der Waals surface area contributed by atoms with Gasteiger partial charge in [0, 0.05) is 18.6 Å². The molecule has 102 valence electrons. The molecule has 3 unspecified atom stereocenters. The van der Waals surface area contributed by atoms with Gasteiger partial charge in [0.15, 0.2) is 0 Å². The molecular formula is C12H23F3N2. The smallest absolute Gasteiger partial charge is 0.314 e. The number of nitrogens with one attached hydrogen (secondary N) is 1. The number of nitrogens with zero attached hydrogens (tertiary/aromatic N) is 1. The van der Waals surface area contributed by atoms with Crippen molar-refractivity contribution in [3.05, 3.63) is 0 Å². The summed E-state index contributed by atoms with van der Waals surface area (Å²) in [4.78, 5) is 1.96. The van der Waals surface area contributed by atoms with E-state index in [1.165, 1.54) is 0 Å². The quantitative estimate of drug-likeness (QED) is 0.827. The highest BCUT2D eigenvalue weighted by Crippen LogP contribution is 2.26. The molecule has 0 spiro atoms. The summed E-state index contributed by atoms with van der Waals surface area (Å²) in [5.41, 5.74) is 0. The molecule has 3 atom stereocenters. The number of piperidine rings is 1. The van der Waals surface area contributed by atoms with Crippen molar-refractivity contribution in [3.63, 3.8) is 0 Å². The van der Waals surface area contributed by atoms with E-state index >= 15 is 0 Å². The molecule has 0 amide bonds. The molecule has 1 N–H and O–H groups in total. The lowest BCUT2D eigenvalue weighted by atomic mass is 9.87. The van der Waals surface area contributed by atoms with Crippen molar-refractivity contribution < 1.29 is 13.2 Å². The summed E-state index contributed by atoms with van der Waals surface area (Å²) in [5, 5.41) is 3.41. The average molecular weight is 252 g/mol. The minimum absolute atomic E-state index is 0.133. The SMILES string of the molecule is CCNC1CCN(CCC(F)(F)F)C(C)C1C. The molecule has 0 aromatic rings. The zero-order valence-electron chi connectivity index (χ0n) is 10.8. The van der Waals surface area contributed by atoms with Crippen molar-refractivity contribution in [2.75, 3.05) is 19.6 Å². The van der Waals surface area contributed by atoms with Gasteiger partial charge in [-0.15, -0.1) is 0 Å². The maximum atomic E-state index is 12.2. The van der Waals surface area contributed by atoms with E-state index in [2.05, 4.69) is 19.2 Å². The molecule has 0 aromatic carbocycles. The van der Waals surface area contributed by atoms with Gasteiger partial charge in [-0.2, -0.15) is 13.2 Å². The Balaban J connectivity index is 2.45. The molecule has 1 aliphatic heterocycles. The number of alkyl halides is 3. The van der Waals surface area contributed by atoms with Crippen LogP contribution < -0.4 is 5.32 Å². The molecule has 0 saturated carbocycles. The third-order valence-electron chi connectivity index (χ3n) is 3.85. The summed E-state index contributed by atoms with van der Waals surface area (Å²) in [6.07, 6.45) is -3.80. The van der Waals surface area contributed by atoms with Gasteiger partial charge in [0.05, 0.1) is 6.42 Å². The van der Waals surface area contributed by atoms with Crippen LogP contribution in [0.15, 0.2) is 0 Å². The minimum atomic E-state index is -4.04. The van der Waals surface area contributed by atoms with Gasteiger partial charge in [-0.05, 0) is 32.4 Å². The predicted octanol–water partition coefficient (Wildman–Crippen LogP) is 2.65. The molecule has 1 heterocycles. The van der Waals surface area contributed by atoms with Crippen molar-refractivity contribution in [2.24, 2.45) is 5.92 Å². The van der Waals surface area contributed by atoms with Crippen LogP contribution >= 0.6 is 0 Å². The second kappa shape index (κ2) is 6.05. The van der Waals surface area contributed by atoms with Gasteiger partial charge in [0.25, 0.3) is 0 Å². The number of rotatable bonds is 4. The van der Waals surface area contributed by atoms with Crippen molar-refractivity contribution >= 4 is 0 Å². The Hall–Kier alpha value is -0.290. The fraction of sp³-hybridized carbons (Fsp3) is 1.00. The third kappa shape index (κ3) is 4.47. The summed E-state index contributed by atoms with van der Waals surface area (Å²) >= 11 is 0. The summed E-state index contributed by atoms with van der Waals surface area (Å²) in [5.74, 6) is 0.400. The van der Waals surface area contributed by atoms with Crippen molar-refractivity contribution in [3.8, 4) is 0 Å². The lowest BCUT2D eigenvalue weighted by molar-refractivity contribution is -0.140. The van der Waals surface area contributed by atoms with Gasteiger partial charge in [-0.3, -0.25) is 4.90 Å².